The first kappa shape index (κ1) is 18.8. The smallest absolute Gasteiger partial charge is 0.240 e. The number of benzene rings is 1. The van der Waals surface area contributed by atoms with E-state index < -0.39 is 0 Å². The molecule has 142 valence electrons. The molecule has 8 heteroatoms. The van der Waals surface area contributed by atoms with E-state index in [1.165, 1.54) is 6.33 Å². The Morgan fingerprint density at radius 3 is 2.59 bits per heavy atom. The van der Waals surface area contributed by atoms with Crippen LogP contribution in [0, 0.1) is 0 Å². The van der Waals surface area contributed by atoms with Gasteiger partial charge < -0.3 is 4.52 Å². The summed E-state index contributed by atoms with van der Waals surface area (Å²) < 4.78 is 6.86. The average Bonchev–Trinajstić information content (AvgIpc) is 3.33. The molecule has 3 aromatic rings. The van der Waals surface area contributed by atoms with Gasteiger partial charge in [0, 0.05) is 12.1 Å². The highest BCUT2D eigenvalue weighted by Crippen LogP contribution is 2.21. The van der Waals surface area contributed by atoms with Crippen molar-refractivity contribution >= 4 is 11.8 Å². The highest BCUT2D eigenvalue weighted by atomic mass is 16.5. The molecule has 0 fully saturated rings. The molecule has 0 unspecified atom stereocenters. The second-order valence-corrected chi connectivity index (χ2v) is 6.84. The number of hydrogen-bond acceptors (Lipinski definition) is 6. The fourth-order valence-electron chi connectivity index (χ4n) is 2.66. The molecule has 0 aliphatic carbocycles. The molecule has 1 amide bonds. The van der Waals surface area contributed by atoms with Crippen molar-refractivity contribution in [1.82, 2.24) is 24.8 Å². The minimum absolute atomic E-state index is 0.0708. The van der Waals surface area contributed by atoms with Crippen LogP contribution in [0.1, 0.15) is 44.0 Å². The van der Waals surface area contributed by atoms with Crippen molar-refractivity contribution in [3.8, 4) is 5.69 Å². The maximum absolute atomic E-state index is 12.3. The summed E-state index contributed by atoms with van der Waals surface area (Å²) in [7, 11) is 1.91. The Kier molecular flexibility index (Phi) is 5.66. The highest BCUT2D eigenvalue weighted by Gasteiger charge is 2.17. The largest absolute Gasteiger partial charge is 0.338 e. The van der Waals surface area contributed by atoms with Crippen LogP contribution in [-0.4, -0.2) is 44.3 Å². The van der Waals surface area contributed by atoms with Crippen molar-refractivity contribution in [1.29, 1.82) is 0 Å². The van der Waals surface area contributed by atoms with Gasteiger partial charge in [0.25, 0.3) is 0 Å². The number of amides is 1. The Bertz CT molecular complexity index is 870. The Labute approximate surface area is 158 Å². The molecule has 1 N–H and O–H groups in total. The van der Waals surface area contributed by atoms with E-state index in [4.69, 9.17) is 4.52 Å². The molecule has 0 saturated heterocycles. The zero-order chi connectivity index (χ0) is 19.4. The Morgan fingerprint density at radius 1 is 1.26 bits per heavy atom. The summed E-state index contributed by atoms with van der Waals surface area (Å²) >= 11 is 0. The maximum atomic E-state index is 12.3. The van der Waals surface area contributed by atoms with Crippen LogP contribution in [0.4, 0.5) is 5.88 Å². The van der Waals surface area contributed by atoms with Crippen molar-refractivity contribution < 1.29 is 9.32 Å². The van der Waals surface area contributed by atoms with E-state index in [9.17, 15) is 4.79 Å². The molecule has 0 aliphatic heterocycles. The van der Waals surface area contributed by atoms with Gasteiger partial charge in [-0.15, -0.1) is 0 Å². The number of carbonyl (C=O) groups is 1. The third-order valence-corrected chi connectivity index (χ3v) is 4.50. The summed E-state index contributed by atoms with van der Waals surface area (Å²) in [5.41, 5.74) is 2.87. The summed E-state index contributed by atoms with van der Waals surface area (Å²) in [4.78, 5) is 18.2. The lowest BCUT2D eigenvalue weighted by Gasteiger charge is -2.24. The van der Waals surface area contributed by atoms with Crippen molar-refractivity contribution in [3.05, 3.63) is 54.2 Å². The van der Waals surface area contributed by atoms with Gasteiger partial charge in [0.05, 0.1) is 17.9 Å². The van der Waals surface area contributed by atoms with Gasteiger partial charge in [-0.1, -0.05) is 31.1 Å². The SMILES string of the molecule is CC(C)c1cc(NC(=O)CN(C)[C@H](C)c2ccc(-n3cncn3)cc2)on1. The van der Waals surface area contributed by atoms with Crippen LogP contribution in [-0.2, 0) is 4.79 Å². The Morgan fingerprint density at radius 2 is 2.00 bits per heavy atom. The second kappa shape index (κ2) is 8.13. The van der Waals surface area contributed by atoms with Crippen LogP contribution in [0.3, 0.4) is 0 Å². The number of aromatic nitrogens is 4. The minimum atomic E-state index is -0.143. The number of nitrogens with one attached hydrogen (secondary N) is 1. The first-order chi connectivity index (χ1) is 12.9. The molecule has 3 rings (SSSR count). The normalized spacial score (nSPS) is 12.5. The minimum Gasteiger partial charge on any atom is -0.338 e. The van der Waals surface area contributed by atoms with Crippen LogP contribution < -0.4 is 5.32 Å². The molecule has 0 saturated carbocycles. The third-order valence-electron chi connectivity index (χ3n) is 4.50. The first-order valence-corrected chi connectivity index (χ1v) is 8.85. The Balaban J connectivity index is 1.57. The van der Waals surface area contributed by atoms with Gasteiger partial charge in [-0.3, -0.25) is 15.0 Å². The molecule has 0 bridgehead atoms. The zero-order valence-electron chi connectivity index (χ0n) is 16.0. The van der Waals surface area contributed by atoms with Gasteiger partial charge in [0.1, 0.15) is 12.7 Å². The molecule has 1 atom stereocenters. The number of carbonyl (C=O) groups excluding carboxylic acids is 1. The fraction of sp³-hybridized carbons (Fsp3) is 0.368. The third kappa shape index (κ3) is 4.59. The van der Waals surface area contributed by atoms with E-state index in [0.717, 1.165) is 16.9 Å². The van der Waals surface area contributed by atoms with Crippen molar-refractivity contribution in [2.24, 2.45) is 0 Å². The van der Waals surface area contributed by atoms with Gasteiger partial charge in [0.2, 0.25) is 11.8 Å². The summed E-state index contributed by atoms with van der Waals surface area (Å²) in [6.45, 7) is 6.34. The van der Waals surface area contributed by atoms with Crippen molar-refractivity contribution in [2.45, 2.75) is 32.7 Å². The first-order valence-electron chi connectivity index (χ1n) is 8.85. The summed E-state index contributed by atoms with van der Waals surface area (Å²) in [6, 6.07) is 9.85. The lowest BCUT2D eigenvalue weighted by molar-refractivity contribution is -0.117. The standard InChI is InChI=1S/C19H24N6O2/c1-13(2)17-9-19(27-23-17)22-18(26)10-24(4)14(3)15-5-7-16(8-6-15)25-12-20-11-21-25/h5-9,11-14H,10H2,1-4H3,(H,22,26)/t14-/m1/s1. The summed E-state index contributed by atoms with van der Waals surface area (Å²) in [6.07, 6.45) is 3.16. The molecular formula is C19H24N6O2. The van der Waals surface area contributed by atoms with E-state index in [0.29, 0.717) is 5.88 Å². The Hall–Kier alpha value is -3.00. The summed E-state index contributed by atoms with van der Waals surface area (Å²) in [5.74, 6) is 0.486. The maximum Gasteiger partial charge on any atom is 0.240 e. The lowest BCUT2D eigenvalue weighted by atomic mass is 10.1. The number of hydrogen-bond donors (Lipinski definition) is 1. The predicted molar refractivity (Wildman–Crippen MR) is 102 cm³/mol. The monoisotopic (exact) mass is 368 g/mol. The molecule has 8 nitrogen and oxygen atoms in total. The lowest BCUT2D eigenvalue weighted by Crippen LogP contribution is -2.32. The topological polar surface area (TPSA) is 89.1 Å². The molecule has 1 aromatic carbocycles. The molecule has 2 heterocycles. The number of rotatable bonds is 7. The van der Waals surface area contributed by atoms with Crippen LogP contribution in [0.5, 0.6) is 0 Å². The van der Waals surface area contributed by atoms with Gasteiger partial charge in [-0.25, -0.2) is 9.67 Å². The van der Waals surface area contributed by atoms with Gasteiger partial charge in [0.15, 0.2) is 0 Å². The van der Waals surface area contributed by atoms with Crippen LogP contribution >= 0.6 is 0 Å². The predicted octanol–water partition coefficient (Wildman–Crippen LogP) is 3.01. The van der Waals surface area contributed by atoms with Gasteiger partial charge in [-0.2, -0.15) is 5.10 Å². The van der Waals surface area contributed by atoms with Crippen LogP contribution in [0.15, 0.2) is 47.5 Å². The molecule has 0 radical (unpaired) electrons. The number of anilines is 1. The molecule has 0 spiro atoms. The molecular weight excluding hydrogens is 344 g/mol. The van der Waals surface area contributed by atoms with E-state index in [2.05, 4.69) is 27.5 Å². The van der Waals surface area contributed by atoms with Gasteiger partial charge in [-0.05, 0) is 37.6 Å². The second-order valence-electron chi connectivity index (χ2n) is 6.84. The van der Waals surface area contributed by atoms with E-state index in [1.807, 2.05) is 50.1 Å². The van der Waals surface area contributed by atoms with E-state index in [1.54, 1.807) is 17.1 Å². The molecule has 2 aromatic heterocycles. The quantitative estimate of drug-likeness (QED) is 0.689. The average molecular weight is 368 g/mol. The van der Waals surface area contributed by atoms with E-state index in [-0.39, 0.29) is 24.4 Å². The fourth-order valence-corrected chi connectivity index (χ4v) is 2.66. The molecule has 27 heavy (non-hydrogen) atoms. The van der Waals surface area contributed by atoms with Crippen molar-refractivity contribution in [3.63, 3.8) is 0 Å². The van der Waals surface area contributed by atoms with Gasteiger partial charge >= 0.3 is 0 Å². The summed E-state index contributed by atoms with van der Waals surface area (Å²) in [5, 5.41) is 10.8. The van der Waals surface area contributed by atoms with E-state index >= 15 is 0 Å². The van der Waals surface area contributed by atoms with Crippen LogP contribution in [0.25, 0.3) is 5.69 Å². The number of likely N-dealkylation sites (N-methyl/N-ethyl adjacent to an activating group) is 1. The number of nitrogens with zero attached hydrogens (tertiary/aromatic N) is 5. The molecule has 0 aliphatic rings. The zero-order valence-corrected chi connectivity index (χ0v) is 16.0. The van der Waals surface area contributed by atoms with Crippen LogP contribution in [0.2, 0.25) is 0 Å². The van der Waals surface area contributed by atoms with Crippen molar-refractivity contribution in [2.75, 3.05) is 18.9 Å². The highest BCUT2D eigenvalue weighted by molar-refractivity contribution is 5.91.